The molecule has 6 nitrogen and oxygen atoms in total. The lowest BCUT2D eigenvalue weighted by molar-refractivity contribution is 0.242. The van der Waals surface area contributed by atoms with Gasteiger partial charge in [-0.25, -0.2) is 13.4 Å². The number of rotatable bonds is 9. The zero-order valence-electron chi connectivity index (χ0n) is 17.6. The van der Waals surface area contributed by atoms with Crippen LogP contribution in [0.4, 0.5) is 0 Å². The van der Waals surface area contributed by atoms with Crippen LogP contribution in [0.1, 0.15) is 31.9 Å². The van der Waals surface area contributed by atoms with Gasteiger partial charge in [-0.1, -0.05) is 24.3 Å². The van der Waals surface area contributed by atoms with Crippen LogP contribution in [0.5, 0.6) is 5.75 Å². The van der Waals surface area contributed by atoms with Crippen LogP contribution in [-0.2, 0) is 22.8 Å². The Morgan fingerprint density at radius 1 is 1.07 bits per heavy atom. The number of sulfone groups is 1. The number of guanidine groups is 1. The monoisotopic (exact) mass is 417 g/mol. The molecule has 0 aliphatic carbocycles. The quantitative estimate of drug-likeness (QED) is 0.484. The van der Waals surface area contributed by atoms with E-state index in [0.29, 0.717) is 18.0 Å². The van der Waals surface area contributed by atoms with Gasteiger partial charge in [-0.3, -0.25) is 0 Å². The molecule has 0 spiro atoms. The van der Waals surface area contributed by atoms with Gasteiger partial charge in [-0.2, -0.15) is 0 Å². The summed E-state index contributed by atoms with van der Waals surface area (Å²) in [7, 11) is -3.16. The normalized spacial score (nSPS) is 12.1. The SMILES string of the molecule is CCNC(=NCc1cccc(OC(C)C)c1)NCCc1ccc(S(C)(=O)=O)cc1. The van der Waals surface area contributed by atoms with Crippen LogP contribution in [0, 0.1) is 0 Å². The molecule has 158 valence electrons. The number of benzene rings is 2. The van der Waals surface area contributed by atoms with Gasteiger partial charge in [0.15, 0.2) is 15.8 Å². The summed E-state index contributed by atoms with van der Waals surface area (Å²) in [6, 6.07) is 15.0. The molecule has 0 bridgehead atoms. The average molecular weight is 418 g/mol. The lowest BCUT2D eigenvalue weighted by Gasteiger charge is -2.12. The maximum Gasteiger partial charge on any atom is 0.191 e. The van der Waals surface area contributed by atoms with Crippen LogP contribution in [0.25, 0.3) is 0 Å². The van der Waals surface area contributed by atoms with Gasteiger partial charge in [-0.05, 0) is 62.6 Å². The maximum absolute atomic E-state index is 11.5. The van der Waals surface area contributed by atoms with Crippen LogP contribution in [-0.4, -0.2) is 39.8 Å². The van der Waals surface area contributed by atoms with Crippen molar-refractivity contribution in [3.8, 4) is 5.75 Å². The summed E-state index contributed by atoms with van der Waals surface area (Å²) in [4.78, 5) is 4.98. The third kappa shape index (κ3) is 8.15. The molecule has 2 N–H and O–H groups in total. The van der Waals surface area contributed by atoms with Crippen molar-refractivity contribution in [2.75, 3.05) is 19.3 Å². The van der Waals surface area contributed by atoms with Crippen LogP contribution in [0.15, 0.2) is 58.4 Å². The molecule has 0 amide bonds. The van der Waals surface area contributed by atoms with E-state index in [1.54, 1.807) is 12.1 Å². The predicted molar refractivity (Wildman–Crippen MR) is 118 cm³/mol. The molecule has 0 heterocycles. The van der Waals surface area contributed by atoms with Crippen molar-refractivity contribution in [1.29, 1.82) is 0 Å². The summed E-state index contributed by atoms with van der Waals surface area (Å²) < 4.78 is 28.8. The molecule has 2 aromatic carbocycles. The Hall–Kier alpha value is -2.54. The standard InChI is InChI=1S/C22H31N3O3S/c1-5-23-22(25-16-19-7-6-8-20(15-19)28-17(2)3)24-14-13-18-9-11-21(12-10-18)29(4,26)27/h6-12,15,17H,5,13-14,16H2,1-4H3,(H2,23,24,25). The number of aliphatic imine (C=N–C) groups is 1. The van der Waals surface area contributed by atoms with Gasteiger partial charge in [0.1, 0.15) is 5.75 Å². The Kier molecular flexibility index (Phi) is 8.51. The lowest BCUT2D eigenvalue weighted by Crippen LogP contribution is -2.38. The first-order valence-electron chi connectivity index (χ1n) is 9.84. The fourth-order valence-corrected chi connectivity index (χ4v) is 3.36. The van der Waals surface area contributed by atoms with Gasteiger partial charge in [-0.15, -0.1) is 0 Å². The van der Waals surface area contributed by atoms with E-state index in [1.807, 2.05) is 57.2 Å². The Morgan fingerprint density at radius 3 is 2.41 bits per heavy atom. The van der Waals surface area contributed by atoms with Crippen LogP contribution >= 0.6 is 0 Å². The summed E-state index contributed by atoms with van der Waals surface area (Å²) >= 11 is 0. The first kappa shape index (κ1) is 22.7. The van der Waals surface area contributed by atoms with E-state index in [2.05, 4.69) is 15.6 Å². The molecule has 0 aromatic heterocycles. The Balaban J connectivity index is 1.92. The fraction of sp³-hybridized carbons (Fsp3) is 0.409. The second-order valence-electron chi connectivity index (χ2n) is 7.10. The van der Waals surface area contributed by atoms with Crippen LogP contribution < -0.4 is 15.4 Å². The summed E-state index contributed by atoms with van der Waals surface area (Å²) in [5, 5.41) is 6.56. The van der Waals surface area contributed by atoms with Gasteiger partial charge in [0.05, 0.1) is 17.5 Å². The molecule has 0 radical (unpaired) electrons. The molecule has 0 saturated carbocycles. The molecule has 29 heavy (non-hydrogen) atoms. The van der Waals surface area contributed by atoms with Gasteiger partial charge in [0.2, 0.25) is 0 Å². The average Bonchev–Trinajstić information content (AvgIpc) is 2.65. The highest BCUT2D eigenvalue weighted by Crippen LogP contribution is 2.15. The number of ether oxygens (including phenoxy) is 1. The second kappa shape index (κ2) is 10.9. The fourth-order valence-electron chi connectivity index (χ4n) is 2.73. The topological polar surface area (TPSA) is 79.8 Å². The largest absolute Gasteiger partial charge is 0.491 e. The molecule has 0 aliphatic rings. The second-order valence-corrected chi connectivity index (χ2v) is 9.12. The molecule has 0 unspecified atom stereocenters. The molecule has 0 atom stereocenters. The molecule has 0 aliphatic heterocycles. The molecule has 2 rings (SSSR count). The van der Waals surface area contributed by atoms with Crippen molar-refractivity contribution >= 4 is 15.8 Å². The zero-order valence-corrected chi connectivity index (χ0v) is 18.4. The van der Waals surface area contributed by atoms with Crippen molar-refractivity contribution in [2.24, 2.45) is 4.99 Å². The third-order valence-electron chi connectivity index (χ3n) is 4.09. The summed E-state index contributed by atoms with van der Waals surface area (Å²) in [5.41, 5.74) is 2.15. The summed E-state index contributed by atoms with van der Waals surface area (Å²) in [6.45, 7) is 8.05. The number of hydrogen-bond donors (Lipinski definition) is 2. The molecule has 2 aromatic rings. The number of nitrogens with zero attached hydrogens (tertiary/aromatic N) is 1. The van der Waals surface area contributed by atoms with E-state index in [0.717, 1.165) is 35.8 Å². The highest BCUT2D eigenvalue weighted by molar-refractivity contribution is 7.90. The van der Waals surface area contributed by atoms with Crippen molar-refractivity contribution in [3.05, 3.63) is 59.7 Å². The lowest BCUT2D eigenvalue weighted by atomic mass is 10.1. The highest BCUT2D eigenvalue weighted by atomic mass is 32.2. The minimum atomic E-state index is -3.16. The van der Waals surface area contributed by atoms with Crippen molar-refractivity contribution in [3.63, 3.8) is 0 Å². The smallest absolute Gasteiger partial charge is 0.191 e. The van der Waals surface area contributed by atoms with Gasteiger partial charge < -0.3 is 15.4 Å². The molecule has 0 fully saturated rings. The summed E-state index contributed by atoms with van der Waals surface area (Å²) in [6.07, 6.45) is 2.12. The zero-order chi connectivity index (χ0) is 21.3. The Morgan fingerprint density at radius 2 is 1.79 bits per heavy atom. The Bertz CT molecular complexity index is 907. The minimum absolute atomic E-state index is 0.138. The van der Waals surface area contributed by atoms with E-state index < -0.39 is 9.84 Å². The number of nitrogens with one attached hydrogen (secondary N) is 2. The first-order valence-corrected chi connectivity index (χ1v) is 11.7. The molecule has 0 saturated heterocycles. The highest BCUT2D eigenvalue weighted by Gasteiger charge is 2.06. The molecular weight excluding hydrogens is 386 g/mol. The predicted octanol–water partition coefficient (Wildman–Crippen LogP) is 3.18. The van der Waals surface area contributed by atoms with Crippen LogP contribution in [0.2, 0.25) is 0 Å². The maximum atomic E-state index is 11.5. The van der Waals surface area contributed by atoms with Crippen molar-refractivity contribution in [1.82, 2.24) is 10.6 Å². The van der Waals surface area contributed by atoms with Gasteiger partial charge >= 0.3 is 0 Å². The molecular formula is C22H31N3O3S. The Labute approximate surface area is 174 Å². The minimum Gasteiger partial charge on any atom is -0.491 e. The van der Waals surface area contributed by atoms with Gasteiger partial charge in [0, 0.05) is 19.3 Å². The van der Waals surface area contributed by atoms with Crippen LogP contribution in [0.3, 0.4) is 0 Å². The third-order valence-corrected chi connectivity index (χ3v) is 5.22. The van der Waals surface area contributed by atoms with Crippen molar-refractivity contribution < 1.29 is 13.2 Å². The first-order chi connectivity index (χ1) is 13.8. The van der Waals surface area contributed by atoms with Crippen molar-refractivity contribution in [2.45, 2.75) is 44.7 Å². The van der Waals surface area contributed by atoms with E-state index >= 15 is 0 Å². The molecule has 7 heteroatoms. The van der Waals surface area contributed by atoms with E-state index in [1.165, 1.54) is 6.26 Å². The summed E-state index contributed by atoms with van der Waals surface area (Å²) in [5.74, 6) is 1.60. The van der Waals surface area contributed by atoms with Gasteiger partial charge in [0.25, 0.3) is 0 Å². The number of hydrogen-bond acceptors (Lipinski definition) is 4. The van der Waals surface area contributed by atoms with E-state index in [4.69, 9.17) is 4.74 Å². The van der Waals surface area contributed by atoms with E-state index in [9.17, 15) is 8.42 Å². The van der Waals surface area contributed by atoms with E-state index in [-0.39, 0.29) is 6.10 Å².